The van der Waals surface area contributed by atoms with E-state index >= 15 is 0 Å². The second-order valence-electron chi connectivity index (χ2n) is 3.20. The van der Waals surface area contributed by atoms with E-state index in [0.29, 0.717) is 23.0 Å². The third-order valence-electron chi connectivity index (χ3n) is 2.12. The first-order chi connectivity index (χ1) is 5.52. The highest BCUT2D eigenvalue weighted by Crippen LogP contribution is 2.29. The van der Waals surface area contributed by atoms with Crippen LogP contribution in [0.4, 0.5) is 0 Å². The number of hydrogen-bond donors (Lipinski definition) is 1. The summed E-state index contributed by atoms with van der Waals surface area (Å²) in [6, 6.07) is 0.311. The van der Waals surface area contributed by atoms with Gasteiger partial charge in [0.2, 0.25) is 0 Å². The van der Waals surface area contributed by atoms with Gasteiger partial charge in [0, 0.05) is 11.3 Å². The van der Waals surface area contributed by atoms with Gasteiger partial charge >= 0.3 is 0 Å². The number of amidine groups is 1. The zero-order valence-corrected chi connectivity index (χ0v) is 8.44. The molecule has 1 aliphatic heterocycles. The molecule has 1 saturated heterocycles. The number of Topliss-reactive ketones (excluding diaryl/α,β-unsaturated/α-hetero) is 1. The Kier molecular flexibility index (Phi) is 2.77. The molecule has 1 N–H and O–H groups in total. The van der Waals surface area contributed by atoms with Gasteiger partial charge in [0.15, 0.2) is 5.17 Å². The first-order valence-corrected chi connectivity index (χ1v) is 4.91. The van der Waals surface area contributed by atoms with Gasteiger partial charge in [-0.1, -0.05) is 18.7 Å². The Morgan fingerprint density at radius 1 is 1.67 bits per heavy atom. The first kappa shape index (κ1) is 9.58. The van der Waals surface area contributed by atoms with Crippen molar-refractivity contribution in [3.8, 4) is 0 Å². The largest absolute Gasteiger partial charge is 0.341 e. The Morgan fingerprint density at radius 2 is 2.25 bits per heavy atom. The summed E-state index contributed by atoms with van der Waals surface area (Å²) in [7, 11) is 0. The van der Waals surface area contributed by atoms with Crippen molar-refractivity contribution >= 4 is 22.7 Å². The highest BCUT2D eigenvalue weighted by atomic mass is 32.2. The molecule has 0 aromatic heterocycles. The summed E-state index contributed by atoms with van der Waals surface area (Å²) >= 11 is 1.54. The van der Waals surface area contributed by atoms with Gasteiger partial charge in [-0.3, -0.25) is 10.2 Å². The number of carbonyl (C=O) groups excluding carboxylic acids is 1. The maximum Gasteiger partial charge on any atom is 0.157 e. The molecule has 1 aliphatic rings. The Labute approximate surface area is 77.0 Å². The molecule has 2 atom stereocenters. The van der Waals surface area contributed by atoms with Crippen LogP contribution in [-0.2, 0) is 4.79 Å². The monoisotopic (exact) mass is 186 g/mol. The molecule has 1 fully saturated rings. The molecular formula is C8H14N2OS. The topological polar surface area (TPSA) is 44.2 Å². The summed E-state index contributed by atoms with van der Waals surface area (Å²) in [5.74, 6) is 0.126. The van der Waals surface area contributed by atoms with E-state index in [0.717, 1.165) is 0 Å². The highest BCUT2D eigenvalue weighted by Gasteiger charge is 2.32. The number of carbonyl (C=O) groups is 1. The van der Waals surface area contributed by atoms with Crippen molar-refractivity contribution < 1.29 is 4.79 Å². The lowest BCUT2D eigenvalue weighted by molar-refractivity contribution is -0.117. The zero-order valence-electron chi connectivity index (χ0n) is 7.63. The van der Waals surface area contributed by atoms with Gasteiger partial charge in [0.05, 0.1) is 6.54 Å². The summed E-state index contributed by atoms with van der Waals surface area (Å²) in [5, 5.41) is 8.56. The number of thioether (sulfide) groups is 1. The summed E-state index contributed by atoms with van der Waals surface area (Å²) in [5.41, 5.74) is 0. The SMILES string of the molecule is CC(=O)CN1C(=N)SC(C)C1C. The second kappa shape index (κ2) is 3.47. The quantitative estimate of drug-likeness (QED) is 0.707. The molecule has 1 heterocycles. The van der Waals surface area contributed by atoms with Gasteiger partial charge in [0.25, 0.3) is 0 Å². The second-order valence-corrected chi connectivity index (χ2v) is 4.56. The maximum absolute atomic E-state index is 10.8. The molecule has 0 saturated carbocycles. The predicted octanol–water partition coefficient (Wildman–Crippen LogP) is 1.34. The summed E-state index contributed by atoms with van der Waals surface area (Å²) in [6.07, 6.45) is 0. The van der Waals surface area contributed by atoms with E-state index < -0.39 is 0 Å². The van der Waals surface area contributed by atoms with Crippen LogP contribution in [0.1, 0.15) is 20.8 Å². The molecule has 12 heavy (non-hydrogen) atoms. The molecule has 2 unspecified atom stereocenters. The van der Waals surface area contributed by atoms with Gasteiger partial charge < -0.3 is 4.90 Å². The van der Waals surface area contributed by atoms with Gasteiger partial charge in [-0.15, -0.1) is 0 Å². The van der Waals surface area contributed by atoms with Crippen LogP contribution < -0.4 is 0 Å². The number of rotatable bonds is 2. The fraction of sp³-hybridized carbons (Fsp3) is 0.750. The van der Waals surface area contributed by atoms with Crippen LogP contribution in [0.15, 0.2) is 0 Å². The fourth-order valence-electron chi connectivity index (χ4n) is 1.24. The minimum absolute atomic E-state index is 0.126. The van der Waals surface area contributed by atoms with E-state index in [1.807, 2.05) is 4.90 Å². The van der Waals surface area contributed by atoms with E-state index in [4.69, 9.17) is 5.41 Å². The lowest BCUT2D eigenvalue weighted by Crippen LogP contribution is -2.36. The van der Waals surface area contributed by atoms with Crippen molar-refractivity contribution in [2.45, 2.75) is 32.1 Å². The van der Waals surface area contributed by atoms with Crippen LogP contribution in [-0.4, -0.2) is 33.7 Å². The molecule has 0 bridgehead atoms. The molecule has 3 nitrogen and oxygen atoms in total. The molecule has 0 aliphatic carbocycles. The molecule has 0 aromatic rings. The third kappa shape index (κ3) is 1.80. The Morgan fingerprint density at radius 3 is 2.58 bits per heavy atom. The molecular weight excluding hydrogens is 172 g/mol. The van der Waals surface area contributed by atoms with E-state index in [1.54, 1.807) is 6.92 Å². The summed E-state index contributed by atoms with van der Waals surface area (Å²) in [4.78, 5) is 12.7. The normalized spacial score (nSPS) is 29.6. The molecule has 68 valence electrons. The van der Waals surface area contributed by atoms with Crippen molar-refractivity contribution in [1.29, 1.82) is 5.41 Å². The zero-order chi connectivity index (χ0) is 9.30. The number of nitrogens with zero attached hydrogens (tertiary/aromatic N) is 1. The molecule has 0 aromatic carbocycles. The van der Waals surface area contributed by atoms with E-state index in [2.05, 4.69) is 13.8 Å². The highest BCUT2D eigenvalue weighted by molar-refractivity contribution is 8.14. The lowest BCUT2D eigenvalue weighted by Gasteiger charge is -2.21. The van der Waals surface area contributed by atoms with E-state index in [1.165, 1.54) is 11.8 Å². The molecule has 0 radical (unpaired) electrons. The Balaban J connectivity index is 2.63. The van der Waals surface area contributed by atoms with Crippen LogP contribution in [0.5, 0.6) is 0 Å². The van der Waals surface area contributed by atoms with Crippen LogP contribution >= 0.6 is 11.8 Å². The van der Waals surface area contributed by atoms with Crippen LogP contribution in [0, 0.1) is 5.41 Å². The molecule has 0 amide bonds. The number of nitrogens with one attached hydrogen (secondary N) is 1. The van der Waals surface area contributed by atoms with Gasteiger partial charge in [-0.25, -0.2) is 0 Å². The smallest absolute Gasteiger partial charge is 0.157 e. The summed E-state index contributed by atoms with van der Waals surface area (Å²) in [6.45, 7) is 6.09. The standard InChI is InChI=1S/C8H14N2OS/c1-5(11)4-10-6(2)7(3)12-8(10)9/h6-7,9H,4H2,1-3H3. The Bertz CT molecular complexity index is 217. The fourth-order valence-corrected chi connectivity index (χ4v) is 2.30. The van der Waals surface area contributed by atoms with Crippen molar-refractivity contribution in [2.24, 2.45) is 0 Å². The molecule has 1 rings (SSSR count). The van der Waals surface area contributed by atoms with Crippen LogP contribution in [0.25, 0.3) is 0 Å². The van der Waals surface area contributed by atoms with Crippen molar-refractivity contribution in [3.05, 3.63) is 0 Å². The predicted molar refractivity (Wildman–Crippen MR) is 51.6 cm³/mol. The molecule has 4 heteroatoms. The average molecular weight is 186 g/mol. The van der Waals surface area contributed by atoms with Gasteiger partial charge in [-0.05, 0) is 13.8 Å². The van der Waals surface area contributed by atoms with Crippen LogP contribution in [0.3, 0.4) is 0 Å². The maximum atomic E-state index is 10.8. The van der Waals surface area contributed by atoms with Crippen LogP contribution in [0.2, 0.25) is 0 Å². The van der Waals surface area contributed by atoms with E-state index in [-0.39, 0.29) is 5.78 Å². The van der Waals surface area contributed by atoms with Gasteiger partial charge in [0.1, 0.15) is 5.78 Å². The van der Waals surface area contributed by atoms with E-state index in [9.17, 15) is 4.79 Å². The average Bonchev–Trinajstić information content (AvgIpc) is 2.16. The Hall–Kier alpha value is -0.510. The minimum atomic E-state index is 0.126. The number of ketones is 1. The lowest BCUT2D eigenvalue weighted by atomic mass is 10.2. The van der Waals surface area contributed by atoms with Crippen molar-refractivity contribution in [3.63, 3.8) is 0 Å². The third-order valence-corrected chi connectivity index (χ3v) is 3.35. The minimum Gasteiger partial charge on any atom is -0.341 e. The van der Waals surface area contributed by atoms with Gasteiger partial charge in [-0.2, -0.15) is 0 Å². The van der Waals surface area contributed by atoms with Crippen molar-refractivity contribution in [2.75, 3.05) is 6.54 Å². The molecule has 0 spiro atoms. The first-order valence-electron chi connectivity index (χ1n) is 4.03. The summed E-state index contributed by atoms with van der Waals surface area (Å²) < 4.78 is 0. The number of hydrogen-bond acceptors (Lipinski definition) is 3. The van der Waals surface area contributed by atoms with Crippen molar-refractivity contribution in [1.82, 2.24) is 4.90 Å².